The number of thiophene rings is 1. The molecule has 3 rings (SSSR count). The Morgan fingerprint density at radius 1 is 0.920 bits per heavy atom. The highest BCUT2D eigenvalue weighted by Crippen LogP contribution is 2.33. The first-order valence-electron chi connectivity index (χ1n) is 8.02. The molecule has 0 atom stereocenters. The van der Waals surface area contributed by atoms with E-state index in [1.807, 2.05) is 0 Å². The van der Waals surface area contributed by atoms with Gasteiger partial charge in [0.25, 0.3) is 0 Å². The predicted molar refractivity (Wildman–Crippen MR) is 107 cm³/mol. The van der Waals surface area contributed by atoms with Gasteiger partial charge in [-0.25, -0.2) is 4.58 Å². The molecule has 0 saturated carbocycles. The zero-order chi connectivity index (χ0) is 17.1. The molecular weight excluding hydrogens is 348 g/mol. The molecule has 1 aliphatic rings. The van der Waals surface area contributed by atoms with Gasteiger partial charge in [-0.2, -0.15) is 0 Å². The van der Waals surface area contributed by atoms with E-state index in [1.165, 1.54) is 33.0 Å². The van der Waals surface area contributed by atoms with Crippen molar-refractivity contribution in [1.29, 1.82) is 0 Å². The van der Waals surface area contributed by atoms with E-state index in [4.69, 9.17) is 0 Å². The van der Waals surface area contributed by atoms with Crippen LogP contribution in [0.25, 0.3) is 5.57 Å². The first-order valence-corrected chi connectivity index (χ1v) is 8.90. The van der Waals surface area contributed by atoms with Gasteiger partial charge in [0, 0.05) is 42.4 Å². The molecule has 25 heavy (non-hydrogen) atoms. The summed E-state index contributed by atoms with van der Waals surface area (Å²) in [4.78, 5) is 3.42. The number of halogens is 1. The smallest absolute Gasteiger partial charge is 0.199 e. The molecule has 1 aliphatic carbocycles. The van der Waals surface area contributed by atoms with Crippen molar-refractivity contribution in [3.8, 4) is 0 Å². The van der Waals surface area contributed by atoms with Crippen LogP contribution >= 0.6 is 11.3 Å². The van der Waals surface area contributed by atoms with Gasteiger partial charge in [0.15, 0.2) is 5.71 Å². The molecule has 0 fully saturated rings. The van der Waals surface area contributed by atoms with Crippen molar-refractivity contribution >= 4 is 28.3 Å². The maximum absolute atomic E-state index is 2.21. The minimum Gasteiger partial charge on any atom is -1.00 e. The SMILES string of the molecule is CN(C)c1ccc(C(=C2C=CC(=[N+](C)C)C=C2)c2cccs2)cc1.[Cl-]. The minimum atomic E-state index is 0. The normalized spacial score (nSPS) is 12.8. The molecule has 0 aliphatic heterocycles. The number of rotatable bonds is 3. The van der Waals surface area contributed by atoms with E-state index in [2.05, 4.69) is 104 Å². The van der Waals surface area contributed by atoms with Crippen LogP contribution in [0.4, 0.5) is 5.69 Å². The average molecular weight is 371 g/mol. The Labute approximate surface area is 160 Å². The summed E-state index contributed by atoms with van der Waals surface area (Å²) < 4.78 is 2.13. The summed E-state index contributed by atoms with van der Waals surface area (Å²) in [6.45, 7) is 0. The number of hydrogen-bond acceptors (Lipinski definition) is 2. The second-order valence-corrected chi connectivity index (χ2v) is 7.18. The van der Waals surface area contributed by atoms with Crippen LogP contribution in [-0.2, 0) is 0 Å². The van der Waals surface area contributed by atoms with Crippen molar-refractivity contribution < 1.29 is 17.0 Å². The lowest BCUT2D eigenvalue weighted by atomic mass is 9.95. The minimum absolute atomic E-state index is 0. The van der Waals surface area contributed by atoms with Crippen LogP contribution in [0.1, 0.15) is 10.4 Å². The zero-order valence-electron chi connectivity index (χ0n) is 15.0. The first kappa shape index (κ1) is 19.2. The number of hydrogen-bond donors (Lipinski definition) is 0. The molecule has 0 spiro atoms. The molecule has 1 aromatic carbocycles. The highest BCUT2D eigenvalue weighted by molar-refractivity contribution is 7.11. The van der Waals surface area contributed by atoms with E-state index < -0.39 is 0 Å². The third-order valence-electron chi connectivity index (χ3n) is 4.11. The topological polar surface area (TPSA) is 6.25 Å². The number of benzene rings is 1. The van der Waals surface area contributed by atoms with Crippen LogP contribution in [-0.4, -0.2) is 38.5 Å². The lowest BCUT2D eigenvalue weighted by molar-refractivity contribution is -0.462. The molecule has 130 valence electrons. The van der Waals surface area contributed by atoms with Gasteiger partial charge in [-0.1, -0.05) is 18.2 Å². The van der Waals surface area contributed by atoms with Crippen LogP contribution in [0, 0.1) is 0 Å². The van der Waals surface area contributed by atoms with Crippen molar-refractivity contribution in [3.05, 3.63) is 82.1 Å². The van der Waals surface area contributed by atoms with Gasteiger partial charge < -0.3 is 17.3 Å². The Hall–Kier alpha value is -2.10. The lowest BCUT2D eigenvalue weighted by Crippen LogP contribution is -3.00. The van der Waals surface area contributed by atoms with Crippen molar-refractivity contribution in [2.75, 3.05) is 33.1 Å². The summed E-state index contributed by atoms with van der Waals surface area (Å²) in [7, 11) is 8.27. The van der Waals surface area contributed by atoms with Crippen molar-refractivity contribution in [2.24, 2.45) is 0 Å². The molecular formula is C21H23ClN2S. The van der Waals surface area contributed by atoms with Crippen LogP contribution in [0.2, 0.25) is 0 Å². The monoisotopic (exact) mass is 370 g/mol. The molecule has 0 radical (unpaired) electrons. The molecule has 1 heterocycles. The maximum Gasteiger partial charge on any atom is 0.199 e. The summed E-state index contributed by atoms with van der Waals surface area (Å²) in [6.07, 6.45) is 8.78. The van der Waals surface area contributed by atoms with E-state index in [1.54, 1.807) is 11.3 Å². The second-order valence-electron chi connectivity index (χ2n) is 6.23. The summed E-state index contributed by atoms with van der Waals surface area (Å²) in [5, 5.41) is 2.14. The fourth-order valence-corrected chi connectivity index (χ4v) is 3.54. The van der Waals surface area contributed by atoms with E-state index in [-0.39, 0.29) is 12.4 Å². The van der Waals surface area contributed by atoms with Gasteiger partial charge in [0.05, 0.1) is 0 Å². The number of anilines is 1. The van der Waals surface area contributed by atoms with Gasteiger partial charge in [-0.15, -0.1) is 11.3 Å². The van der Waals surface area contributed by atoms with Crippen LogP contribution in [0.3, 0.4) is 0 Å². The average Bonchev–Trinajstić information content (AvgIpc) is 3.10. The molecule has 0 bridgehead atoms. The standard InChI is InChI=1S/C21H23N2S.ClH/c1-22(2)18-11-7-16(8-12-18)21(20-6-5-15-24-20)17-9-13-19(14-10-17)23(3)4;/h5-15H,1-4H3;1H/q+1;/p-1. The highest BCUT2D eigenvalue weighted by atomic mass is 35.5. The van der Waals surface area contributed by atoms with Crippen molar-refractivity contribution in [3.63, 3.8) is 0 Å². The predicted octanol–water partition coefficient (Wildman–Crippen LogP) is 1.46. The third kappa shape index (κ3) is 4.30. The zero-order valence-corrected chi connectivity index (χ0v) is 16.6. The Morgan fingerprint density at radius 2 is 1.56 bits per heavy atom. The molecule has 0 unspecified atom stereocenters. The van der Waals surface area contributed by atoms with E-state index in [0.717, 1.165) is 0 Å². The molecule has 1 aromatic heterocycles. The number of nitrogens with zero attached hydrogens (tertiary/aromatic N) is 2. The molecule has 0 saturated heterocycles. The Balaban J connectivity index is 0.00000225. The molecule has 2 nitrogen and oxygen atoms in total. The molecule has 4 heteroatoms. The number of allylic oxidation sites excluding steroid dienone is 5. The van der Waals surface area contributed by atoms with E-state index in [0.29, 0.717) is 0 Å². The fraction of sp³-hybridized carbons (Fsp3) is 0.190. The summed E-state index contributed by atoms with van der Waals surface area (Å²) >= 11 is 1.78. The van der Waals surface area contributed by atoms with Gasteiger partial charge in [0.1, 0.15) is 14.1 Å². The maximum atomic E-state index is 2.21. The fourth-order valence-electron chi connectivity index (χ4n) is 2.72. The van der Waals surface area contributed by atoms with Gasteiger partial charge in [0.2, 0.25) is 0 Å². The molecule has 0 N–H and O–H groups in total. The van der Waals surface area contributed by atoms with Crippen molar-refractivity contribution in [2.45, 2.75) is 0 Å². The van der Waals surface area contributed by atoms with Crippen molar-refractivity contribution in [1.82, 2.24) is 0 Å². The highest BCUT2D eigenvalue weighted by Gasteiger charge is 2.13. The van der Waals surface area contributed by atoms with Gasteiger partial charge in [-0.3, -0.25) is 0 Å². The molecule has 0 amide bonds. The van der Waals surface area contributed by atoms with Gasteiger partial charge >= 0.3 is 0 Å². The third-order valence-corrected chi connectivity index (χ3v) is 5.00. The van der Waals surface area contributed by atoms with Crippen LogP contribution in [0.5, 0.6) is 0 Å². The molecule has 2 aromatic rings. The Bertz CT molecular complexity index is 817. The Kier molecular flexibility index (Phi) is 6.40. The Morgan fingerprint density at radius 3 is 2.04 bits per heavy atom. The van der Waals surface area contributed by atoms with Gasteiger partial charge in [-0.05, 0) is 46.9 Å². The summed E-state index contributed by atoms with van der Waals surface area (Å²) in [5.41, 5.74) is 6.22. The lowest BCUT2D eigenvalue weighted by Gasteiger charge is -2.15. The van der Waals surface area contributed by atoms with E-state index in [9.17, 15) is 0 Å². The largest absolute Gasteiger partial charge is 1.00 e. The van der Waals surface area contributed by atoms with Crippen LogP contribution in [0.15, 0.2) is 71.7 Å². The quantitative estimate of drug-likeness (QED) is 0.741. The van der Waals surface area contributed by atoms with E-state index >= 15 is 0 Å². The second kappa shape index (κ2) is 8.32. The summed E-state index contributed by atoms with van der Waals surface area (Å²) in [6, 6.07) is 13.1. The van der Waals surface area contributed by atoms with Crippen LogP contribution < -0.4 is 17.3 Å². The summed E-state index contributed by atoms with van der Waals surface area (Å²) in [5.74, 6) is 0. The first-order chi connectivity index (χ1) is 11.6.